The number of halogens is 1. The van der Waals surface area contributed by atoms with Gasteiger partial charge in [-0.05, 0) is 33.8 Å². The third-order valence-electron chi connectivity index (χ3n) is 1.69. The zero-order valence-corrected chi connectivity index (χ0v) is 10.6. The summed E-state index contributed by atoms with van der Waals surface area (Å²) in [5, 5.41) is 3.07. The summed E-state index contributed by atoms with van der Waals surface area (Å²) in [6.45, 7) is 7.18. The first-order chi connectivity index (χ1) is 7.28. The maximum absolute atomic E-state index is 11.5. The van der Waals surface area contributed by atoms with Crippen molar-refractivity contribution in [3.63, 3.8) is 0 Å². The number of aryl methyl sites for hydroxylation is 1. The summed E-state index contributed by atoms with van der Waals surface area (Å²) in [5.41, 5.74) is 0.723. The second-order valence-corrected chi connectivity index (χ2v) is 4.85. The first-order valence-corrected chi connectivity index (χ1v) is 5.28. The van der Waals surface area contributed by atoms with Crippen LogP contribution in [0.5, 0.6) is 0 Å². The van der Waals surface area contributed by atoms with Crippen molar-refractivity contribution in [2.45, 2.75) is 33.3 Å². The molecule has 0 saturated heterocycles. The molecule has 0 aliphatic carbocycles. The van der Waals surface area contributed by atoms with E-state index in [-0.39, 0.29) is 0 Å². The number of hydrogen-bond acceptors (Lipinski definition) is 3. The Bertz CT molecular complexity index is 399. The lowest BCUT2D eigenvalue weighted by molar-refractivity contribution is 0.0636. The normalized spacial score (nSPS) is 11.1. The predicted octanol–water partition coefficient (Wildman–Crippen LogP) is 3.39. The molecule has 88 valence electrons. The highest BCUT2D eigenvalue weighted by molar-refractivity contribution is 6.30. The maximum atomic E-state index is 11.5. The molecule has 0 aliphatic rings. The molecule has 0 spiro atoms. The summed E-state index contributed by atoms with van der Waals surface area (Å²) in [6.07, 6.45) is 1.01. The highest BCUT2D eigenvalue weighted by Gasteiger charge is 2.16. The van der Waals surface area contributed by atoms with Crippen molar-refractivity contribution in [1.82, 2.24) is 4.98 Å². The molecule has 16 heavy (non-hydrogen) atoms. The monoisotopic (exact) mass is 242 g/mol. The second kappa shape index (κ2) is 4.70. The standard InChI is InChI=1S/C11H15ClN2O2/c1-7-9(5-8(12)6-13-7)14-10(15)16-11(2,3)4/h5-6H,1-4H3,(H,14,15). The summed E-state index contributed by atoms with van der Waals surface area (Å²) < 4.78 is 5.12. The number of pyridine rings is 1. The minimum absolute atomic E-state index is 0.469. The number of amides is 1. The van der Waals surface area contributed by atoms with E-state index in [1.165, 1.54) is 6.20 Å². The molecule has 0 unspecified atom stereocenters. The molecule has 1 N–H and O–H groups in total. The van der Waals surface area contributed by atoms with Gasteiger partial charge in [0.1, 0.15) is 5.60 Å². The Labute approximate surface area is 100.0 Å². The average molecular weight is 243 g/mol. The van der Waals surface area contributed by atoms with Gasteiger partial charge in [0.15, 0.2) is 0 Å². The van der Waals surface area contributed by atoms with Gasteiger partial charge in [0, 0.05) is 6.20 Å². The Morgan fingerprint density at radius 2 is 2.12 bits per heavy atom. The van der Waals surface area contributed by atoms with Crippen LogP contribution in [0.25, 0.3) is 0 Å². The highest BCUT2D eigenvalue weighted by atomic mass is 35.5. The number of ether oxygens (including phenoxy) is 1. The van der Waals surface area contributed by atoms with Crippen molar-refractivity contribution in [3.05, 3.63) is 23.0 Å². The van der Waals surface area contributed by atoms with E-state index >= 15 is 0 Å². The molecule has 1 heterocycles. The Morgan fingerprint density at radius 3 is 2.69 bits per heavy atom. The molecule has 0 atom stereocenters. The van der Waals surface area contributed by atoms with Gasteiger partial charge < -0.3 is 4.74 Å². The number of nitrogens with one attached hydrogen (secondary N) is 1. The largest absolute Gasteiger partial charge is 0.444 e. The van der Waals surface area contributed by atoms with Gasteiger partial charge in [-0.3, -0.25) is 10.3 Å². The van der Waals surface area contributed by atoms with Crippen molar-refractivity contribution in [2.24, 2.45) is 0 Å². The lowest BCUT2D eigenvalue weighted by Crippen LogP contribution is -2.27. The fourth-order valence-corrected chi connectivity index (χ4v) is 1.21. The van der Waals surface area contributed by atoms with E-state index in [0.29, 0.717) is 16.4 Å². The third-order valence-corrected chi connectivity index (χ3v) is 1.90. The Kier molecular flexibility index (Phi) is 3.75. The Balaban J connectivity index is 2.73. The number of carbonyl (C=O) groups is 1. The van der Waals surface area contributed by atoms with Gasteiger partial charge in [-0.15, -0.1) is 0 Å². The van der Waals surface area contributed by atoms with Crippen LogP contribution in [0.3, 0.4) is 0 Å². The topological polar surface area (TPSA) is 51.2 Å². The number of anilines is 1. The van der Waals surface area contributed by atoms with Gasteiger partial charge in [0.2, 0.25) is 0 Å². The number of nitrogens with zero attached hydrogens (tertiary/aromatic N) is 1. The molecule has 1 aromatic rings. The van der Waals surface area contributed by atoms with Gasteiger partial charge >= 0.3 is 6.09 Å². The smallest absolute Gasteiger partial charge is 0.412 e. The van der Waals surface area contributed by atoms with E-state index in [9.17, 15) is 4.79 Å². The molecular formula is C11H15ClN2O2. The molecule has 1 aromatic heterocycles. The zero-order valence-electron chi connectivity index (χ0n) is 9.80. The lowest BCUT2D eigenvalue weighted by Gasteiger charge is -2.20. The predicted molar refractivity (Wildman–Crippen MR) is 63.8 cm³/mol. The van der Waals surface area contributed by atoms with Crippen LogP contribution in [-0.2, 0) is 4.74 Å². The minimum Gasteiger partial charge on any atom is -0.444 e. The molecule has 0 fully saturated rings. The molecule has 0 aliphatic heterocycles. The SMILES string of the molecule is Cc1ncc(Cl)cc1NC(=O)OC(C)(C)C. The van der Waals surface area contributed by atoms with Gasteiger partial charge in [-0.2, -0.15) is 0 Å². The van der Waals surface area contributed by atoms with Crippen LogP contribution in [0, 0.1) is 6.92 Å². The van der Waals surface area contributed by atoms with Gasteiger partial charge in [0.25, 0.3) is 0 Å². The van der Waals surface area contributed by atoms with E-state index in [2.05, 4.69) is 10.3 Å². The molecule has 0 bridgehead atoms. The summed E-state index contributed by atoms with van der Waals surface area (Å²) in [4.78, 5) is 15.5. The van der Waals surface area contributed by atoms with Crippen molar-refractivity contribution in [1.29, 1.82) is 0 Å². The first kappa shape index (κ1) is 12.8. The van der Waals surface area contributed by atoms with Crippen LogP contribution in [0.4, 0.5) is 10.5 Å². The molecule has 4 nitrogen and oxygen atoms in total. The van der Waals surface area contributed by atoms with E-state index in [1.807, 2.05) is 0 Å². The highest BCUT2D eigenvalue weighted by Crippen LogP contribution is 2.18. The van der Waals surface area contributed by atoms with Crippen LogP contribution >= 0.6 is 11.6 Å². The van der Waals surface area contributed by atoms with Crippen molar-refractivity contribution < 1.29 is 9.53 Å². The fraction of sp³-hybridized carbons (Fsp3) is 0.455. The van der Waals surface area contributed by atoms with Crippen LogP contribution in [0.15, 0.2) is 12.3 Å². The van der Waals surface area contributed by atoms with E-state index < -0.39 is 11.7 Å². The van der Waals surface area contributed by atoms with E-state index in [0.717, 1.165) is 0 Å². The van der Waals surface area contributed by atoms with Crippen LogP contribution in [0.2, 0.25) is 5.02 Å². The van der Waals surface area contributed by atoms with Gasteiger partial charge in [-0.25, -0.2) is 4.79 Å². The Hall–Kier alpha value is -1.29. The van der Waals surface area contributed by atoms with Crippen LogP contribution < -0.4 is 5.32 Å². The lowest BCUT2D eigenvalue weighted by atomic mass is 10.2. The minimum atomic E-state index is -0.524. The van der Waals surface area contributed by atoms with Crippen molar-refractivity contribution in [3.8, 4) is 0 Å². The van der Waals surface area contributed by atoms with Crippen molar-refractivity contribution in [2.75, 3.05) is 5.32 Å². The summed E-state index contributed by atoms with van der Waals surface area (Å²) in [5.74, 6) is 0. The number of hydrogen-bond donors (Lipinski definition) is 1. The summed E-state index contributed by atoms with van der Waals surface area (Å²) in [6, 6.07) is 1.63. The number of carbonyl (C=O) groups excluding carboxylic acids is 1. The molecule has 0 aromatic carbocycles. The van der Waals surface area contributed by atoms with Crippen LogP contribution in [0.1, 0.15) is 26.5 Å². The summed E-state index contributed by atoms with van der Waals surface area (Å²) >= 11 is 5.78. The van der Waals surface area contributed by atoms with E-state index in [1.54, 1.807) is 33.8 Å². The number of aromatic nitrogens is 1. The molecule has 0 saturated carbocycles. The third kappa shape index (κ3) is 4.06. The van der Waals surface area contributed by atoms with Gasteiger partial charge in [-0.1, -0.05) is 11.6 Å². The molecule has 5 heteroatoms. The van der Waals surface area contributed by atoms with Crippen molar-refractivity contribution >= 4 is 23.4 Å². The maximum Gasteiger partial charge on any atom is 0.412 e. The van der Waals surface area contributed by atoms with E-state index in [4.69, 9.17) is 16.3 Å². The molecule has 1 rings (SSSR count). The molecular weight excluding hydrogens is 228 g/mol. The van der Waals surface area contributed by atoms with Crippen LogP contribution in [-0.4, -0.2) is 16.7 Å². The quantitative estimate of drug-likeness (QED) is 0.821. The fourth-order valence-electron chi connectivity index (χ4n) is 1.05. The number of rotatable bonds is 1. The average Bonchev–Trinajstić information content (AvgIpc) is 2.08. The summed E-state index contributed by atoms with van der Waals surface area (Å²) in [7, 11) is 0. The van der Waals surface area contributed by atoms with Gasteiger partial charge in [0.05, 0.1) is 16.4 Å². The molecule has 0 radical (unpaired) electrons. The second-order valence-electron chi connectivity index (χ2n) is 4.41. The zero-order chi connectivity index (χ0) is 12.3. The first-order valence-electron chi connectivity index (χ1n) is 4.90. The molecule has 1 amide bonds. The Morgan fingerprint density at radius 1 is 1.50 bits per heavy atom.